The number of Topliss-reactive ketones (excluding diaryl/α,β-unsaturated/α-hetero) is 1. The van der Waals surface area contributed by atoms with Crippen LogP contribution in [0.25, 0.3) is 17.2 Å². The summed E-state index contributed by atoms with van der Waals surface area (Å²) in [5, 5.41) is 0. The van der Waals surface area contributed by atoms with Crippen molar-refractivity contribution in [3.8, 4) is 22.6 Å². The summed E-state index contributed by atoms with van der Waals surface area (Å²) in [4.78, 5) is 25.5. The van der Waals surface area contributed by atoms with Gasteiger partial charge in [0, 0.05) is 6.07 Å². The number of hydrogen-bond acceptors (Lipinski definition) is 4. The minimum absolute atomic E-state index is 0.00144. The molecule has 0 fully saturated rings. The molecule has 4 aromatic carbocycles. The highest BCUT2D eigenvalue weighted by atomic mass is 16.5. The summed E-state index contributed by atoms with van der Waals surface area (Å²) >= 11 is 0. The van der Waals surface area contributed by atoms with E-state index in [1.807, 2.05) is 54.6 Å². The SMILES string of the molecule is CC(C)(C)c1ccc(C(=O)Oc2ccc3c(c2)OC(=Cc2ccc(-c4ccccc4)cc2)C3=O)cc1. The van der Waals surface area contributed by atoms with Gasteiger partial charge in [-0.15, -0.1) is 0 Å². The number of fused-ring (bicyclic) bond motifs is 1. The van der Waals surface area contributed by atoms with Crippen LogP contribution in [0.2, 0.25) is 0 Å². The van der Waals surface area contributed by atoms with Crippen molar-refractivity contribution in [1.82, 2.24) is 0 Å². The summed E-state index contributed by atoms with van der Waals surface area (Å²) in [5.74, 6) is 0.265. The average Bonchev–Trinajstić information content (AvgIpc) is 3.18. The molecule has 0 unspecified atom stereocenters. The van der Waals surface area contributed by atoms with Crippen LogP contribution in [0.4, 0.5) is 0 Å². The molecule has 0 radical (unpaired) electrons. The van der Waals surface area contributed by atoms with Crippen molar-refractivity contribution in [2.75, 3.05) is 0 Å². The first kappa shape index (κ1) is 23.3. The third kappa shape index (κ3) is 4.84. The van der Waals surface area contributed by atoms with E-state index in [0.29, 0.717) is 22.6 Å². The number of carbonyl (C=O) groups excluding carboxylic acids is 2. The van der Waals surface area contributed by atoms with E-state index < -0.39 is 5.97 Å². The Morgan fingerprint density at radius 2 is 1.47 bits per heavy atom. The second kappa shape index (κ2) is 9.31. The van der Waals surface area contributed by atoms with Gasteiger partial charge in [-0.2, -0.15) is 0 Å². The van der Waals surface area contributed by atoms with Gasteiger partial charge in [0.2, 0.25) is 5.78 Å². The maximum absolute atomic E-state index is 12.9. The first-order valence-electron chi connectivity index (χ1n) is 11.8. The maximum atomic E-state index is 12.9. The second-order valence-electron chi connectivity index (χ2n) is 9.80. The first-order chi connectivity index (χ1) is 17.3. The lowest BCUT2D eigenvalue weighted by molar-refractivity contribution is 0.0734. The first-order valence-corrected chi connectivity index (χ1v) is 11.8. The Bertz CT molecular complexity index is 1460. The van der Waals surface area contributed by atoms with Gasteiger partial charge in [0.25, 0.3) is 0 Å². The Hall–Kier alpha value is -4.44. The van der Waals surface area contributed by atoms with E-state index in [4.69, 9.17) is 9.47 Å². The van der Waals surface area contributed by atoms with E-state index in [1.54, 1.807) is 36.4 Å². The van der Waals surface area contributed by atoms with E-state index in [9.17, 15) is 9.59 Å². The highest BCUT2D eigenvalue weighted by Gasteiger charge is 2.28. The molecule has 0 aromatic heterocycles. The monoisotopic (exact) mass is 474 g/mol. The van der Waals surface area contributed by atoms with Crippen LogP contribution in [0.1, 0.15) is 52.6 Å². The number of esters is 1. The van der Waals surface area contributed by atoms with Crippen LogP contribution < -0.4 is 9.47 Å². The van der Waals surface area contributed by atoms with E-state index in [0.717, 1.165) is 22.3 Å². The van der Waals surface area contributed by atoms with Gasteiger partial charge in [0.1, 0.15) is 11.5 Å². The molecular formula is C32H26O4. The molecule has 4 heteroatoms. The summed E-state index contributed by atoms with van der Waals surface area (Å²) in [6.45, 7) is 6.36. The molecule has 0 saturated carbocycles. The molecule has 1 aliphatic heterocycles. The molecule has 5 rings (SSSR count). The molecule has 36 heavy (non-hydrogen) atoms. The second-order valence-corrected chi connectivity index (χ2v) is 9.80. The van der Waals surface area contributed by atoms with Crippen molar-refractivity contribution < 1.29 is 19.1 Å². The molecular weight excluding hydrogens is 448 g/mol. The predicted octanol–water partition coefficient (Wildman–Crippen LogP) is 7.49. The summed E-state index contributed by atoms with van der Waals surface area (Å²) in [7, 11) is 0. The van der Waals surface area contributed by atoms with Crippen LogP contribution in [0.15, 0.2) is 103 Å². The standard InChI is InChI=1S/C32H26O4/c1-32(2,3)25-15-13-24(14-16-25)31(34)35-26-17-18-27-28(20-26)36-29(30(27)33)19-21-9-11-23(12-10-21)22-7-5-4-6-8-22/h4-20H,1-3H3. The number of ether oxygens (including phenoxy) is 2. The zero-order valence-corrected chi connectivity index (χ0v) is 20.4. The fourth-order valence-electron chi connectivity index (χ4n) is 4.06. The fraction of sp³-hybridized carbons (Fsp3) is 0.125. The highest BCUT2D eigenvalue weighted by Crippen LogP contribution is 2.35. The molecule has 4 nitrogen and oxygen atoms in total. The van der Waals surface area contributed by atoms with E-state index in [1.165, 1.54) is 0 Å². The van der Waals surface area contributed by atoms with Gasteiger partial charge in [-0.05, 0) is 58.0 Å². The Morgan fingerprint density at radius 3 is 2.14 bits per heavy atom. The van der Waals surface area contributed by atoms with Crippen molar-refractivity contribution in [2.45, 2.75) is 26.2 Å². The Kier molecular flexibility index (Phi) is 6.03. The fourth-order valence-corrected chi connectivity index (χ4v) is 4.06. The zero-order valence-electron chi connectivity index (χ0n) is 20.4. The number of benzene rings is 4. The van der Waals surface area contributed by atoms with E-state index in [2.05, 4.69) is 32.9 Å². The molecule has 0 saturated heterocycles. The van der Waals surface area contributed by atoms with Crippen molar-refractivity contribution in [3.63, 3.8) is 0 Å². The van der Waals surface area contributed by atoms with Crippen molar-refractivity contribution >= 4 is 17.8 Å². The van der Waals surface area contributed by atoms with Gasteiger partial charge < -0.3 is 9.47 Å². The molecule has 4 aromatic rings. The number of ketones is 1. The Labute approximate surface area is 210 Å². The van der Waals surface area contributed by atoms with Crippen molar-refractivity contribution in [1.29, 1.82) is 0 Å². The zero-order chi connectivity index (χ0) is 25.3. The van der Waals surface area contributed by atoms with Gasteiger partial charge in [-0.3, -0.25) is 4.79 Å². The Morgan fingerprint density at radius 1 is 0.806 bits per heavy atom. The smallest absolute Gasteiger partial charge is 0.343 e. The number of allylic oxidation sites excluding steroid dienone is 1. The topological polar surface area (TPSA) is 52.6 Å². The molecule has 0 amide bonds. The van der Waals surface area contributed by atoms with Crippen LogP contribution in [-0.4, -0.2) is 11.8 Å². The van der Waals surface area contributed by atoms with Gasteiger partial charge in [-0.25, -0.2) is 4.79 Å². The number of hydrogen-bond donors (Lipinski definition) is 0. The van der Waals surface area contributed by atoms with Crippen LogP contribution in [0.3, 0.4) is 0 Å². The van der Waals surface area contributed by atoms with Crippen molar-refractivity contribution in [3.05, 3.63) is 125 Å². The van der Waals surface area contributed by atoms with Gasteiger partial charge in [0.05, 0.1) is 11.1 Å². The predicted molar refractivity (Wildman–Crippen MR) is 141 cm³/mol. The van der Waals surface area contributed by atoms with E-state index >= 15 is 0 Å². The van der Waals surface area contributed by atoms with Gasteiger partial charge >= 0.3 is 5.97 Å². The lowest BCUT2D eigenvalue weighted by Gasteiger charge is -2.18. The molecule has 178 valence electrons. The number of carbonyl (C=O) groups is 2. The Balaban J connectivity index is 1.30. The quantitative estimate of drug-likeness (QED) is 0.175. The molecule has 0 spiro atoms. The molecule has 0 atom stereocenters. The molecule has 0 bridgehead atoms. The third-order valence-corrected chi connectivity index (χ3v) is 6.15. The largest absolute Gasteiger partial charge is 0.452 e. The molecule has 1 aliphatic rings. The van der Waals surface area contributed by atoms with Crippen molar-refractivity contribution in [2.24, 2.45) is 0 Å². The van der Waals surface area contributed by atoms with Crippen LogP contribution in [0.5, 0.6) is 11.5 Å². The molecule has 1 heterocycles. The van der Waals surface area contributed by atoms with Crippen LogP contribution in [0, 0.1) is 0 Å². The minimum Gasteiger partial charge on any atom is -0.452 e. The van der Waals surface area contributed by atoms with Crippen LogP contribution >= 0.6 is 0 Å². The third-order valence-electron chi connectivity index (χ3n) is 6.15. The van der Waals surface area contributed by atoms with Crippen LogP contribution in [-0.2, 0) is 5.41 Å². The number of rotatable bonds is 4. The maximum Gasteiger partial charge on any atom is 0.343 e. The normalized spacial score (nSPS) is 13.9. The summed E-state index contributed by atoms with van der Waals surface area (Å²) in [6.07, 6.45) is 1.72. The summed E-state index contributed by atoms with van der Waals surface area (Å²) in [5.41, 5.74) is 5.12. The molecule has 0 N–H and O–H groups in total. The van der Waals surface area contributed by atoms with E-state index in [-0.39, 0.29) is 17.0 Å². The molecule has 0 aliphatic carbocycles. The van der Waals surface area contributed by atoms with Gasteiger partial charge in [-0.1, -0.05) is 87.5 Å². The summed E-state index contributed by atoms with van der Waals surface area (Å²) in [6, 6.07) is 30.2. The lowest BCUT2D eigenvalue weighted by Crippen LogP contribution is -2.12. The average molecular weight is 475 g/mol. The minimum atomic E-state index is -0.464. The van der Waals surface area contributed by atoms with Gasteiger partial charge in [0.15, 0.2) is 5.76 Å². The summed E-state index contributed by atoms with van der Waals surface area (Å²) < 4.78 is 11.4. The highest BCUT2D eigenvalue weighted by molar-refractivity contribution is 6.14. The lowest BCUT2D eigenvalue weighted by atomic mass is 9.87.